The van der Waals surface area contributed by atoms with Gasteiger partial charge < -0.3 is 15.2 Å². The van der Waals surface area contributed by atoms with Gasteiger partial charge in [0.1, 0.15) is 11.4 Å². The zero-order valence-electron chi connectivity index (χ0n) is 9.46. The Kier molecular flexibility index (Phi) is 3.42. The van der Waals surface area contributed by atoms with Crippen molar-refractivity contribution in [2.24, 2.45) is 5.92 Å². The number of aromatic hydroxyl groups is 1. The van der Waals surface area contributed by atoms with Crippen LogP contribution in [-0.2, 0) is 9.53 Å². The van der Waals surface area contributed by atoms with Crippen molar-refractivity contribution < 1.29 is 19.6 Å². The topological polar surface area (TPSA) is 102 Å². The van der Waals surface area contributed by atoms with E-state index in [1.165, 1.54) is 6.07 Å². The molecule has 1 aliphatic rings. The molecule has 7 nitrogen and oxygen atoms in total. The van der Waals surface area contributed by atoms with Gasteiger partial charge in [-0.05, 0) is 12.5 Å². The average Bonchev–Trinajstić information content (AvgIpc) is 2.81. The van der Waals surface area contributed by atoms with Crippen molar-refractivity contribution in [2.45, 2.75) is 6.42 Å². The zero-order chi connectivity index (χ0) is 13.1. The lowest BCUT2D eigenvalue weighted by Gasteiger charge is -2.09. The highest BCUT2D eigenvalue weighted by molar-refractivity contribution is 5.95. The maximum absolute atomic E-state index is 11.8. The van der Waals surface area contributed by atoms with Gasteiger partial charge in [0.05, 0.1) is 17.4 Å². The smallest absolute Gasteiger partial charge is 0.293 e. The van der Waals surface area contributed by atoms with E-state index in [4.69, 9.17) is 4.74 Å². The van der Waals surface area contributed by atoms with Gasteiger partial charge in [0, 0.05) is 18.7 Å². The molecule has 96 valence electrons. The Morgan fingerprint density at radius 2 is 2.33 bits per heavy atom. The van der Waals surface area contributed by atoms with Gasteiger partial charge in [-0.25, -0.2) is 0 Å². The monoisotopic (exact) mass is 252 g/mol. The van der Waals surface area contributed by atoms with Crippen LogP contribution in [0.2, 0.25) is 0 Å². The molecule has 2 rings (SSSR count). The van der Waals surface area contributed by atoms with Crippen molar-refractivity contribution in [2.75, 3.05) is 18.5 Å². The van der Waals surface area contributed by atoms with Crippen molar-refractivity contribution >= 4 is 17.3 Å². The molecule has 1 heterocycles. The van der Waals surface area contributed by atoms with Crippen LogP contribution in [0.1, 0.15) is 6.42 Å². The van der Waals surface area contributed by atoms with Gasteiger partial charge in [-0.3, -0.25) is 14.9 Å². The standard InChI is InChI=1S/C11H12N2O5/c14-8-1-2-10(13(16)17)9(5-8)12-11(15)7-3-4-18-6-7/h1-2,5,7,14H,3-4,6H2,(H,12,15). The minimum atomic E-state index is -0.611. The highest BCUT2D eigenvalue weighted by atomic mass is 16.6. The van der Waals surface area contributed by atoms with Gasteiger partial charge in [-0.15, -0.1) is 0 Å². The summed E-state index contributed by atoms with van der Waals surface area (Å²) in [5.41, 5.74) is -0.253. The van der Waals surface area contributed by atoms with Gasteiger partial charge in [0.25, 0.3) is 5.69 Å². The number of phenols is 1. The third-order valence-corrected chi connectivity index (χ3v) is 2.74. The second-order valence-electron chi connectivity index (χ2n) is 4.01. The molecule has 1 aromatic rings. The number of nitrogens with zero attached hydrogens (tertiary/aromatic N) is 1. The van der Waals surface area contributed by atoms with E-state index in [1.807, 2.05) is 0 Å². The van der Waals surface area contributed by atoms with Crippen molar-refractivity contribution in [3.63, 3.8) is 0 Å². The molecule has 7 heteroatoms. The molecule has 1 saturated heterocycles. The van der Waals surface area contributed by atoms with Crippen LogP contribution in [-0.4, -0.2) is 29.2 Å². The van der Waals surface area contributed by atoms with Gasteiger partial charge >= 0.3 is 0 Å². The number of benzene rings is 1. The molecule has 1 atom stereocenters. The van der Waals surface area contributed by atoms with Crippen molar-refractivity contribution in [3.05, 3.63) is 28.3 Å². The summed E-state index contributed by atoms with van der Waals surface area (Å²) in [6.07, 6.45) is 0.596. The number of nitrogens with one attached hydrogen (secondary N) is 1. The fraction of sp³-hybridized carbons (Fsp3) is 0.364. The first-order valence-electron chi connectivity index (χ1n) is 5.44. The van der Waals surface area contributed by atoms with Crippen LogP contribution in [0.4, 0.5) is 11.4 Å². The number of rotatable bonds is 3. The quantitative estimate of drug-likeness (QED) is 0.623. The number of amides is 1. The van der Waals surface area contributed by atoms with E-state index in [9.17, 15) is 20.0 Å². The highest BCUT2D eigenvalue weighted by Gasteiger charge is 2.25. The molecule has 1 aliphatic heterocycles. The SMILES string of the molecule is O=C(Nc1cc(O)ccc1[N+](=O)[O-])C1CCOC1. The Labute approximate surface area is 103 Å². The molecule has 0 bridgehead atoms. The van der Waals surface area contributed by atoms with E-state index < -0.39 is 4.92 Å². The summed E-state index contributed by atoms with van der Waals surface area (Å²) >= 11 is 0. The van der Waals surface area contributed by atoms with E-state index >= 15 is 0 Å². The molecule has 0 aromatic heterocycles. The number of carbonyl (C=O) groups excluding carboxylic acids is 1. The minimum absolute atomic E-state index is 0.00287. The fourth-order valence-corrected chi connectivity index (χ4v) is 1.76. The normalized spacial score (nSPS) is 18.6. The predicted octanol–water partition coefficient (Wildman–Crippen LogP) is 1.28. The molecule has 1 aromatic carbocycles. The Hall–Kier alpha value is -2.15. The van der Waals surface area contributed by atoms with Crippen LogP contribution in [0.5, 0.6) is 5.75 Å². The van der Waals surface area contributed by atoms with E-state index in [-0.39, 0.29) is 28.9 Å². The van der Waals surface area contributed by atoms with E-state index in [2.05, 4.69) is 5.32 Å². The summed E-state index contributed by atoms with van der Waals surface area (Å²) in [4.78, 5) is 22.0. The molecule has 0 saturated carbocycles. The zero-order valence-corrected chi connectivity index (χ0v) is 9.46. The summed E-state index contributed by atoms with van der Waals surface area (Å²) in [6, 6.07) is 3.51. The van der Waals surface area contributed by atoms with Gasteiger partial charge in [0.15, 0.2) is 0 Å². The Bertz CT molecular complexity index is 482. The lowest BCUT2D eigenvalue weighted by Crippen LogP contribution is -2.23. The number of hydrogen-bond donors (Lipinski definition) is 2. The number of nitro benzene ring substituents is 1. The number of nitro groups is 1. The maximum Gasteiger partial charge on any atom is 0.293 e. The lowest BCUT2D eigenvalue weighted by atomic mass is 10.1. The van der Waals surface area contributed by atoms with Crippen LogP contribution in [0, 0.1) is 16.0 Å². The predicted molar refractivity (Wildman–Crippen MR) is 62.3 cm³/mol. The van der Waals surface area contributed by atoms with Gasteiger partial charge in [-0.1, -0.05) is 0 Å². The van der Waals surface area contributed by atoms with Crippen LogP contribution >= 0.6 is 0 Å². The van der Waals surface area contributed by atoms with Crippen LogP contribution in [0.25, 0.3) is 0 Å². The third-order valence-electron chi connectivity index (χ3n) is 2.74. The largest absolute Gasteiger partial charge is 0.508 e. The van der Waals surface area contributed by atoms with Crippen molar-refractivity contribution in [1.29, 1.82) is 0 Å². The number of ether oxygens (including phenoxy) is 1. The first-order valence-corrected chi connectivity index (χ1v) is 5.44. The number of anilines is 1. The summed E-state index contributed by atoms with van der Waals surface area (Å²) in [5.74, 6) is -0.772. The summed E-state index contributed by atoms with van der Waals surface area (Å²) in [7, 11) is 0. The molecule has 0 aliphatic carbocycles. The van der Waals surface area contributed by atoms with E-state index in [0.717, 1.165) is 12.1 Å². The molecule has 18 heavy (non-hydrogen) atoms. The van der Waals surface area contributed by atoms with E-state index in [1.54, 1.807) is 0 Å². The molecular weight excluding hydrogens is 240 g/mol. The molecule has 1 unspecified atom stereocenters. The van der Waals surface area contributed by atoms with Crippen molar-refractivity contribution in [1.82, 2.24) is 0 Å². The van der Waals surface area contributed by atoms with Gasteiger partial charge in [0.2, 0.25) is 5.91 Å². The minimum Gasteiger partial charge on any atom is -0.508 e. The number of carbonyl (C=O) groups is 1. The number of hydrogen-bond acceptors (Lipinski definition) is 5. The Morgan fingerprint density at radius 3 is 2.94 bits per heavy atom. The summed E-state index contributed by atoms with van der Waals surface area (Å²) < 4.78 is 5.07. The van der Waals surface area contributed by atoms with Crippen molar-refractivity contribution in [3.8, 4) is 5.75 Å². The van der Waals surface area contributed by atoms with Crippen LogP contribution in [0.3, 0.4) is 0 Å². The Morgan fingerprint density at radius 1 is 1.56 bits per heavy atom. The fourth-order valence-electron chi connectivity index (χ4n) is 1.76. The summed E-state index contributed by atoms with van der Waals surface area (Å²) in [6.45, 7) is 0.832. The second kappa shape index (κ2) is 5.01. The third kappa shape index (κ3) is 2.57. The van der Waals surface area contributed by atoms with Crippen LogP contribution in [0.15, 0.2) is 18.2 Å². The highest BCUT2D eigenvalue weighted by Crippen LogP contribution is 2.29. The Balaban J connectivity index is 2.19. The summed E-state index contributed by atoms with van der Waals surface area (Å²) in [5, 5.41) is 22.5. The number of phenolic OH excluding ortho intramolecular Hbond substituents is 1. The first-order chi connectivity index (χ1) is 8.58. The molecule has 2 N–H and O–H groups in total. The molecule has 0 spiro atoms. The maximum atomic E-state index is 11.8. The molecular formula is C11H12N2O5. The first kappa shape index (κ1) is 12.3. The molecule has 0 radical (unpaired) electrons. The average molecular weight is 252 g/mol. The molecule has 1 amide bonds. The second-order valence-corrected chi connectivity index (χ2v) is 4.01. The van der Waals surface area contributed by atoms with Crippen LogP contribution < -0.4 is 5.32 Å². The van der Waals surface area contributed by atoms with E-state index in [0.29, 0.717) is 19.6 Å². The molecule has 1 fully saturated rings. The van der Waals surface area contributed by atoms with Gasteiger partial charge in [-0.2, -0.15) is 0 Å². The lowest BCUT2D eigenvalue weighted by molar-refractivity contribution is -0.384.